The Morgan fingerprint density at radius 3 is 2.76 bits per heavy atom. The highest BCUT2D eigenvalue weighted by Gasteiger charge is 2.29. The first-order valence-electron chi connectivity index (χ1n) is 7.72. The smallest absolute Gasteiger partial charge is 0.225 e. The molecule has 0 unspecified atom stereocenters. The van der Waals surface area contributed by atoms with Crippen molar-refractivity contribution in [2.75, 3.05) is 13.1 Å². The van der Waals surface area contributed by atoms with Crippen LogP contribution in [0.1, 0.15) is 38.7 Å². The van der Waals surface area contributed by atoms with Crippen molar-refractivity contribution < 1.29 is 14.3 Å². The van der Waals surface area contributed by atoms with Crippen LogP contribution in [0.2, 0.25) is 0 Å². The van der Waals surface area contributed by atoms with Crippen molar-refractivity contribution in [2.24, 2.45) is 11.8 Å². The van der Waals surface area contributed by atoms with Gasteiger partial charge in [0.25, 0.3) is 0 Å². The van der Waals surface area contributed by atoms with E-state index in [4.69, 9.17) is 9.52 Å². The minimum Gasteiger partial charge on any atom is -0.462 e. The van der Waals surface area contributed by atoms with E-state index >= 15 is 0 Å². The SMILES string of the molecule is CC(C)C(=O)N1CC[C@H](NCc2ccc(CO)o2)[C@@H](C)C1. The van der Waals surface area contributed by atoms with Gasteiger partial charge in [-0.3, -0.25) is 4.79 Å². The maximum absolute atomic E-state index is 12.0. The lowest BCUT2D eigenvalue weighted by Gasteiger charge is -2.38. The standard InChI is InChI=1S/C16H26N2O3/c1-11(2)16(20)18-7-6-15(12(3)9-18)17-8-13-4-5-14(10-19)21-13/h4-5,11-12,15,17,19H,6-10H2,1-3H3/t12-,15-/m0/s1. The van der Waals surface area contributed by atoms with Crippen molar-refractivity contribution in [3.63, 3.8) is 0 Å². The third kappa shape index (κ3) is 4.08. The Morgan fingerprint density at radius 1 is 1.48 bits per heavy atom. The number of rotatable bonds is 5. The van der Waals surface area contributed by atoms with Crippen LogP contribution in [0, 0.1) is 11.8 Å². The van der Waals surface area contributed by atoms with Crippen LogP contribution in [0.15, 0.2) is 16.5 Å². The first kappa shape index (κ1) is 16.0. The molecule has 0 aromatic carbocycles. The van der Waals surface area contributed by atoms with E-state index in [1.54, 1.807) is 6.07 Å². The second-order valence-electron chi connectivity index (χ2n) is 6.22. The normalized spacial score (nSPS) is 22.8. The van der Waals surface area contributed by atoms with Crippen molar-refractivity contribution in [3.05, 3.63) is 23.7 Å². The van der Waals surface area contributed by atoms with Gasteiger partial charge in [0, 0.05) is 25.0 Å². The van der Waals surface area contributed by atoms with Gasteiger partial charge in [0.2, 0.25) is 5.91 Å². The molecule has 1 fully saturated rings. The van der Waals surface area contributed by atoms with Crippen LogP contribution in [0.4, 0.5) is 0 Å². The minimum absolute atomic E-state index is 0.0634. The highest BCUT2D eigenvalue weighted by Crippen LogP contribution is 2.19. The lowest BCUT2D eigenvalue weighted by atomic mass is 9.93. The maximum Gasteiger partial charge on any atom is 0.225 e. The van der Waals surface area contributed by atoms with Crippen molar-refractivity contribution in [1.29, 1.82) is 0 Å². The molecule has 1 aliphatic rings. The molecule has 118 valence electrons. The molecule has 0 bridgehead atoms. The monoisotopic (exact) mass is 294 g/mol. The second-order valence-corrected chi connectivity index (χ2v) is 6.22. The fourth-order valence-electron chi connectivity index (χ4n) is 2.85. The van der Waals surface area contributed by atoms with E-state index in [-0.39, 0.29) is 18.4 Å². The van der Waals surface area contributed by atoms with E-state index < -0.39 is 0 Å². The summed E-state index contributed by atoms with van der Waals surface area (Å²) in [4.78, 5) is 14.0. The first-order chi connectivity index (χ1) is 10.0. The van der Waals surface area contributed by atoms with E-state index in [0.29, 0.717) is 24.3 Å². The van der Waals surface area contributed by atoms with Crippen molar-refractivity contribution in [3.8, 4) is 0 Å². The number of nitrogens with zero attached hydrogens (tertiary/aromatic N) is 1. The number of nitrogens with one attached hydrogen (secondary N) is 1. The zero-order chi connectivity index (χ0) is 15.4. The summed E-state index contributed by atoms with van der Waals surface area (Å²) >= 11 is 0. The number of likely N-dealkylation sites (tertiary alicyclic amines) is 1. The molecule has 5 nitrogen and oxygen atoms in total. The maximum atomic E-state index is 12.0. The van der Waals surface area contributed by atoms with Gasteiger partial charge in [0.05, 0.1) is 6.54 Å². The van der Waals surface area contributed by atoms with E-state index in [1.165, 1.54) is 0 Å². The van der Waals surface area contributed by atoms with Crippen LogP contribution in [-0.4, -0.2) is 35.0 Å². The molecule has 0 saturated carbocycles. The van der Waals surface area contributed by atoms with Crippen molar-refractivity contribution in [1.82, 2.24) is 10.2 Å². The summed E-state index contributed by atoms with van der Waals surface area (Å²) in [6.07, 6.45) is 0.965. The number of furan rings is 1. The van der Waals surface area contributed by atoms with Crippen LogP contribution in [0.3, 0.4) is 0 Å². The Morgan fingerprint density at radius 2 is 2.19 bits per heavy atom. The van der Waals surface area contributed by atoms with Gasteiger partial charge < -0.3 is 19.7 Å². The topological polar surface area (TPSA) is 65.7 Å². The Balaban J connectivity index is 1.82. The number of aliphatic hydroxyl groups excluding tert-OH is 1. The molecule has 1 amide bonds. The van der Waals surface area contributed by atoms with E-state index in [1.807, 2.05) is 24.8 Å². The minimum atomic E-state index is -0.0634. The number of hydrogen-bond acceptors (Lipinski definition) is 4. The van der Waals surface area contributed by atoms with E-state index in [2.05, 4.69) is 12.2 Å². The number of aliphatic hydroxyl groups is 1. The van der Waals surface area contributed by atoms with Gasteiger partial charge in [0.1, 0.15) is 18.1 Å². The molecular weight excluding hydrogens is 268 g/mol. The van der Waals surface area contributed by atoms with Gasteiger partial charge in [-0.05, 0) is 24.5 Å². The van der Waals surface area contributed by atoms with Crippen LogP contribution >= 0.6 is 0 Å². The average Bonchev–Trinajstić information content (AvgIpc) is 2.93. The molecule has 1 saturated heterocycles. The molecule has 0 radical (unpaired) electrons. The Kier molecular flexibility index (Phi) is 5.42. The third-order valence-electron chi connectivity index (χ3n) is 4.12. The Bertz CT molecular complexity index is 470. The zero-order valence-corrected chi connectivity index (χ0v) is 13.1. The predicted octanol–water partition coefficient (Wildman–Crippen LogP) is 1.75. The second kappa shape index (κ2) is 7.09. The van der Waals surface area contributed by atoms with Gasteiger partial charge in [0.15, 0.2) is 0 Å². The molecule has 2 heterocycles. The molecular formula is C16H26N2O3. The molecule has 2 rings (SSSR count). The molecule has 1 aliphatic heterocycles. The van der Waals surface area contributed by atoms with Gasteiger partial charge in [-0.25, -0.2) is 0 Å². The number of piperidine rings is 1. The summed E-state index contributed by atoms with van der Waals surface area (Å²) in [6.45, 7) is 8.31. The van der Waals surface area contributed by atoms with Gasteiger partial charge in [-0.1, -0.05) is 20.8 Å². The molecule has 1 aromatic heterocycles. The molecule has 1 aromatic rings. The van der Waals surface area contributed by atoms with Crippen LogP contribution < -0.4 is 5.32 Å². The molecule has 5 heteroatoms. The van der Waals surface area contributed by atoms with Crippen molar-refractivity contribution in [2.45, 2.75) is 46.4 Å². The third-order valence-corrected chi connectivity index (χ3v) is 4.12. The van der Waals surface area contributed by atoms with Crippen LogP contribution in [0.5, 0.6) is 0 Å². The zero-order valence-electron chi connectivity index (χ0n) is 13.1. The summed E-state index contributed by atoms with van der Waals surface area (Å²) in [6, 6.07) is 4.08. The molecule has 0 aliphatic carbocycles. The summed E-state index contributed by atoms with van der Waals surface area (Å²) in [5.41, 5.74) is 0. The highest BCUT2D eigenvalue weighted by molar-refractivity contribution is 5.78. The number of carbonyl (C=O) groups excluding carboxylic acids is 1. The van der Waals surface area contributed by atoms with Gasteiger partial charge in [-0.15, -0.1) is 0 Å². The summed E-state index contributed by atoms with van der Waals surface area (Å²) in [7, 11) is 0. The number of amides is 1. The fraction of sp³-hybridized carbons (Fsp3) is 0.688. The summed E-state index contributed by atoms with van der Waals surface area (Å²) in [5, 5.41) is 12.5. The Hall–Kier alpha value is -1.33. The number of hydrogen-bond donors (Lipinski definition) is 2. The largest absolute Gasteiger partial charge is 0.462 e. The van der Waals surface area contributed by atoms with Gasteiger partial charge >= 0.3 is 0 Å². The Labute approximate surface area is 126 Å². The summed E-state index contributed by atoms with van der Waals surface area (Å²) in [5.74, 6) is 2.18. The highest BCUT2D eigenvalue weighted by atomic mass is 16.4. The first-order valence-corrected chi connectivity index (χ1v) is 7.72. The van der Waals surface area contributed by atoms with E-state index in [9.17, 15) is 4.79 Å². The molecule has 2 N–H and O–H groups in total. The van der Waals surface area contributed by atoms with Crippen molar-refractivity contribution >= 4 is 5.91 Å². The molecule has 21 heavy (non-hydrogen) atoms. The fourth-order valence-corrected chi connectivity index (χ4v) is 2.85. The molecule has 0 spiro atoms. The average molecular weight is 294 g/mol. The lowest BCUT2D eigenvalue weighted by Crippen LogP contribution is -2.50. The summed E-state index contributed by atoms with van der Waals surface area (Å²) < 4.78 is 5.47. The number of carbonyl (C=O) groups is 1. The molecule has 2 atom stereocenters. The quantitative estimate of drug-likeness (QED) is 0.868. The van der Waals surface area contributed by atoms with Gasteiger partial charge in [-0.2, -0.15) is 0 Å². The van der Waals surface area contributed by atoms with Crippen LogP contribution in [-0.2, 0) is 17.9 Å². The predicted molar refractivity (Wildman–Crippen MR) is 80.5 cm³/mol. The van der Waals surface area contributed by atoms with E-state index in [0.717, 1.165) is 25.3 Å². The van der Waals surface area contributed by atoms with Crippen LogP contribution in [0.25, 0.3) is 0 Å². The lowest BCUT2D eigenvalue weighted by molar-refractivity contribution is -0.136.